The van der Waals surface area contributed by atoms with Gasteiger partial charge < -0.3 is 4.18 Å². The van der Waals surface area contributed by atoms with Crippen molar-refractivity contribution >= 4 is 20.9 Å². The minimum absolute atomic E-state index is 0.0277. The van der Waals surface area contributed by atoms with Crippen LogP contribution in [-0.4, -0.2) is 13.9 Å². The fourth-order valence-corrected chi connectivity index (χ4v) is 5.37. The SMILES string of the molecule is CCCCC1CCC(c2ccc(-c3ccc4c(F)c(OS(=O)(=O)C(F)(F)F)ccc4c3)cc2)CC1. The van der Waals surface area contributed by atoms with Crippen molar-refractivity contribution in [3.63, 3.8) is 0 Å². The molecule has 1 aliphatic carbocycles. The third-order valence-electron chi connectivity index (χ3n) is 6.93. The molecule has 35 heavy (non-hydrogen) atoms. The lowest BCUT2D eigenvalue weighted by atomic mass is 9.77. The Morgan fingerprint density at radius 1 is 0.914 bits per heavy atom. The number of hydrogen-bond acceptors (Lipinski definition) is 3. The molecular weight excluding hydrogens is 480 g/mol. The summed E-state index contributed by atoms with van der Waals surface area (Å²) in [5, 5.41) is 0.395. The summed E-state index contributed by atoms with van der Waals surface area (Å²) in [6, 6.07) is 15.4. The molecule has 3 aromatic rings. The molecule has 1 saturated carbocycles. The van der Waals surface area contributed by atoms with Gasteiger partial charge in [0.15, 0.2) is 11.6 Å². The molecule has 188 valence electrons. The summed E-state index contributed by atoms with van der Waals surface area (Å²) in [4.78, 5) is 0. The van der Waals surface area contributed by atoms with Gasteiger partial charge >= 0.3 is 15.6 Å². The number of halogens is 4. The average molecular weight is 509 g/mol. The molecule has 1 fully saturated rings. The monoisotopic (exact) mass is 508 g/mol. The molecule has 0 unspecified atom stereocenters. The molecule has 0 aliphatic heterocycles. The normalized spacial score (nSPS) is 19.1. The Balaban J connectivity index is 1.50. The summed E-state index contributed by atoms with van der Waals surface area (Å²) in [7, 11) is -5.95. The molecule has 0 atom stereocenters. The highest BCUT2D eigenvalue weighted by atomic mass is 32.2. The summed E-state index contributed by atoms with van der Waals surface area (Å²) in [5.41, 5.74) is -2.56. The van der Waals surface area contributed by atoms with Crippen molar-refractivity contribution < 1.29 is 30.2 Å². The van der Waals surface area contributed by atoms with Gasteiger partial charge in [-0.15, -0.1) is 0 Å². The van der Waals surface area contributed by atoms with Crippen molar-refractivity contribution in [2.45, 2.75) is 63.3 Å². The van der Waals surface area contributed by atoms with Crippen molar-refractivity contribution in [3.8, 4) is 16.9 Å². The van der Waals surface area contributed by atoms with E-state index in [1.807, 2.05) is 12.1 Å². The van der Waals surface area contributed by atoms with E-state index in [4.69, 9.17) is 0 Å². The van der Waals surface area contributed by atoms with Crippen LogP contribution in [0.5, 0.6) is 5.75 Å². The highest BCUT2D eigenvalue weighted by Crippen LogP contribution is 2.39. The molecule has 3 aromatic carbocycles. The van der Waals surface area contributed by atoms with Crippen molar-refractivity contribution in [1.82, 2.24) is 0 Å². The van der Waals surface area contributed by atoms with Gasteiger partial charge in [-0.05, 0) is 71.7 Å². The molecule has 0 amide bonds. The fraction of sp³-hybridized carbons (Fsp3) is 0.407. The Morgan fingerprint density at radius 3 is 2.20 bits per heavy atom. The van der Waals surface area contributed by atoms with Crippen LogP contribution in [0.15, 0.2) is 54.6 Å². The van der Waals surface area contributed by atoms with Crippen molar-refractivity contribution in [2.75, 3.05) is 0 Å². The van der Waals surface area contributed by atoms with Crippen LogP contribution in [0.3, 0.4) is 0 Å². The van der Waals surface area contributed by atoms with Gasteiger partial charge in [0.2, 0.25) is 0 Å². The van der Waals surface area contributed by atoms with E-state index < -0.39 is 27.2 Å². The standard InChI is InChI=1S/C27H28F4O3S/c1-2-3-4-18-5-7-19(8-6-18)20-9-11-21(12-10-20)22-13-15-24-23(17-22)14-16-25(26(24)28)34-35(32,33)27(29,30)31/h9-19H,2-8H2,1H3. The summed E-state index contributed by atoms with van der Waals surface area (Å²) < 4.78 is 78.9. The van der Waals surface area contributed by atoms with Gasteiger partial charge in [-0.25, -0.2) is 4.39 Å². The summed E-state index contributed by atoms with van der Waals surface area (Å²) >= 11 is 0. The second kappa shape index (κ2) is 10.2. The molecule has 0 heterocycles. The maximum absolute atomic E-state index is 14.7. The third-order valence-corrected chi connectivity index (χ3v) is 7.90. The predicted molar refractivity (Wildman–Crippen MR) is 129 cm³/mol. The second-order valence-electron chi connectivity index (χ2n) is 9.28. The van der Waals surface area contributed by atoms with Crippen molar-refractivity contribution in [3.05, 3.63) is 66.0 Å². The zero-order valence-electron chi connectivity index (χ0n) is 19.4. The van der Waals surface area contributed by atoms with Crippen molar-refractivity contribution in [2.24, 2.45) is 5.92 Å². The number of alkyl halides is 3. The van der Waals surface area contributed by atoms with E-state index >= 15 is 0 Å². The Kier molecular flexibility index (Phi) is 7.40. The van der Waals surface area contributed by atoms with Crippen LogP contribution < -0.4 is 4.18 Å². The van der Waals surface area contributed by atoms with Crippen LogP contribution in [0, 0.1) is 11.7 Å². The first-order valence-electron chi connectivity index (χ1n) is 11.9. The molecule has 3 nitrogen and oxygen atoms in total. The van der Waals surface area contributed by atoms with E-state index in [0.717, 1.165) is 23.1 Å². The lowest BCUT2D eigenvalue weighted by molar-refractivity contribution is -0.0500. The summed E-state index contributed by atoms with van der Waals surface area (Å²) in [6.07, 6.45) is 8.85. The Bertz CT molecular complexity index is 1280. The number of unbranched alkanes of at least 4 members (excludes halogenated alkanes) is 1. The van der Waals surface area contributed by atoms with Crippen LogP contribution in [0.4, 0.5) is 17.6 Å². The third kappa shape index (κ3) is 5.63. The quantitative estimate of drug-likeness (QED) is 0.183. The summed E-state index contributed by atoms with van der Waals surface area (Å²) in [6.45, 7) is 2.23. The molecule has 0 radical (unpaired) electrons. The number of fused-ring (bicyclic) bond motifs is 1. The van der Waals surface area contributed by atoms with Gasteiger partial charge in [0, 0.05) is 5.39 Å². The zero-order valence-corrected chi connectivity index (χ0v) is 20.3. The van der Waals surface area contributed by atoms with E-state index in [0.29, 0.717) is 11.3 Å². The first-order chi connectivity index (χ1) is 16.6. The highest BCUT2D eigenvalue weighted by Gasteiger charge is 2.49. The molecule has 8 heteroatoms. The maximum atomic E-state index is 14.7. The molecule has 1 aliphatic rings. The molecule has 4 rings (SSSR count). The Hall–Kier alpha value is -2.61. The molecular formula is C27H28F4O3S. The fourth-order valence-electron chi connectivity index (χ4n) is 4.91. The van der Waals surface area contributed by atoms with E-state index in [9.17, 15) is 26.0 Å². The van der Waals surface area contributed by atoms with Crippen LogP contribution in [0.1, 0.15) is 63.4 Å². The minimum Gasteiger partial charge on any atom is -0.373 e. The summed E-state index contributed by atoms with van der Waals surface area (Å²) in [5.74, 6) is -0.731. The van der Waals surface area contributed by atoms with E-state index in [1.54, 1.807) is 12.1 Å². The smallest absolute Gasteiger partial charge is 0.373 e. The van der Waals surface area contributed by atoms with Crippen LogP contribution >= 0.6 is 0 Å². The van der Waals surface area contributed by atoms with Gasteiger partial charge in [-0.2, -0.15) is 21.6 Å². The van der Waals surface area contributed by atoms with Crippen molar-refractivity contribution in [1.29, 1.82) is 0 Å². The minimum atomic E-state index is -5.95. The molecule has 0 bridgehead atoms. The molecule has 0 spiro atoms. The molecule has 0 N–H and O–H groups in total. The average Bonchev–Trinajstić information content (AvgIpc) is 2.84. The van der Waals surface area contributed by atoms with Crippen LogP contribution in [0.2, 0.25) is 0 Å². The van der Waals surface area contributed by atoms with E-state index in [1.165, 1.54) is 62.6 Å². The van der Waals surface area contributed by atoms with Gasteiger partial charge in [0.05, 0.1) is 0 Å². The lowest BCUT2D eigenvalue weighted by Crippen LogP contribution is -2.28. The van der Waals surface area contributed by atoms with E-state index in [-0.39, 0.29) is 5.39 Å². The molecule has 0 aromatic heterocycles. The van der Waals surface area contributed by atoms with Gasteiger partial charge in [-0.1, -0.05) is 68.7 Å². The first kappa shape index (κ1) is 25.5. The van der Waals surface area contributed by atoms with Gasteiger partial charge in [-0.3, -0.25) is 0 Å². The van der Waals surface area contributed by atoms with Crippen LogP contribution in [-0.2, 0) is 10.1 Å². The topological polar surface area (TPSA) is 43.4 Å². The highest BCUT2D eigenvalue weighted by molar-refractivity contribution is 7.88. The predicted octanol–water partition coefficient (Wildman–Crippen LogP) is 8.34. The van der Waals surface area contributed by atoms with E-state index in [2.05, 4.69) is 23.2 Å². The molecule has 0 saturated heterocycles. The first-order valence-corrected chi connectivity index (χ1v) is 13.3. The second-order valence-corrected chi connectivity index (χ2v) is 10.8. The lowest BCUT2D eigenvalue weighted by Gasteiger charge is -2.29. The number of rotatable bonds is 7. The zero-order chi connectivity index (χ0) is 25.2. The largest absolute Gasteiger partial charge is 0.534 e. The Morgan fingerprint density at radius 2 is 1.57 bits per heavy atom. The Labute approximate surface area is 203 Å². The van der Waals surface area contributed by atoms with Crippen LogP contribution in [0.25, 0.3) is 21.9 Å². The maximum Gasteiger partial charge on any atom is 0.534 e. The number of hydrogen-bond donors (Lipinski definition) is 0. The number of benzene rings is 3. The van der Waals surface area contributed by atoms with Gasteiger partial charge in [0.1, 0.15) is 0 Å². The van der Waals surface area contributed by atoms with Gasteiger partial charge in [0.25, 0.3) is 0 Å².